The average molecular weight is 369 g/mol. The Morgan fingerprint density at radius 2 is 1.88 bits per heavy atom. The van der Waals surface area contributed by atoms with Crippen LogP contribution in [0, 0.1) is 0 Å². The zero-order valence-electron chi connectivity index (χ0n) is 13.6. The summed E-state index contributed by atoms with van der Waals surface area (Å²) in [5, 5.41) is 8.34. The van der Waals surface area contributed by atoms with Crippen molar-refractivity contribution >= 4 is 35.0 Å². The summed E-state index contributed by atoms with van der Waals surface area (Å²) in [7, 11) is 0. The number of benzene rings is 2. The minimum Gasteiger partial charge on any atom is -0.482 e. The van der Waals surface area contributed by atoms with E-state index in [0.717, 1.165) is 17.3 Å². The van der Waals surface area contributed by atoms with E-state index >= 15 is 0 Å². The summed E-state index contributed by atoms with van der Waals surface area (Å²) >= 11 is 0.884. The van der Waals surface area contributed by atoms with E-state index in [1.807, 2.05) is 30.3 Å². The van der Waals surface area contributed by atoms with Crippen LogP contribution in [0.1, 0.15) is 11.1 Å². The van der Waals surface area contributed by atoms with Crippen LogP contribution in [-0.4, -0.2) is 33.7 Å². The molecule has 0 spiro atoms. The number of nitrogens with zero attached hydrogens (tertiary/aromatic N) is 1. The van der Waals surface area contributed by atoms with Gasteiger partial charge in [-0.1, -0.05) is 42.5 Å². The van der Waals surface area contributed by atoms with Crippen molar-refractivity contribution in [2.24, 2.45) is 0 Å². The lowest BCUT2D eigenvalue weighted by Gasteiger charge is -2.12. The van der Waals surface area contributed by atoms with E-state index in [1.165, 1.54) is 4.90 Å². The Morgan fingerprint density at radius 3 is 2.62 bits per heavy atom. The molecule has 2 aromatic rings. The Balaban J connectivity index is 1.75. The first-order valence-corrected chi connectivity index (χ1v) is 8.58. The van der Waals surface area contributed by atoms with Gasteiger partial charge in [-0.15, -0.1) is 0 Å². The van der Waals surface area contributed by atoms with Gasteiger partial charge >= 0.3 is 5.97 Å². The fraction of sp³-hybridized carbons (Fsp3) is 0.105. The predicted molar refractivity (Wildman–Crippen MR) is 97.5 cm³/mol. The molecule has 1 saturated heterocycles. The molecular weight excluding hydrogens is 354 g/mol. The first-order chi connectivity index (χ1) is 12.5. The van der Waals surface area contributed by atoms with Gasteiger partial charge < -0.3 is 9.84 Å². The third-order valence-electron chi connectivity index (χ3n) is 3.58. The Morgan fingerprint density at radius 1 is 1.12 bits per heavy atom. The largest absolute Gasteiger partial charge is 0.482 e. The third-order valence-corrected chi connectivity index (χ3v) is 4.48. The number of carbonyl (C=O) groups excluding carboxylic acids is 2. The molecule has 3 rings (SSSR count). The maximum absolute atomic E-state index is 12.5. The van der Waals surface area contributed by atoms with Crippen molar-refractivity contribution in [2.45, 2.75) is 6.54 Å². The number of rotatable bonds is 6. The highest BCUT2D eigenvalue weighted by atomic mass is 32.2. The summed E-state index contributed by atoms with van der Waals surface area (Å²) in [6.45, 7) is -0.221. The summed E-state index contributed by atoms with van der Waals surface area (Å²) in [6.07, 6.45) is 1.60. The number of amides is 2. The molecule has 1 aliphatic heterocycles. The molecule has 1 fully saturated rings. The fourth-order valence-corrected chi connectivity index (χ4v) is 3.23. The van der Waals surface area contributed by atoms with E-state index in [-0.39, 0.29) is 17.7 Å². The van der Waals surface area contributed by atoms with Crippen molar-refractivity contribution in [3.8, 4) is 5.75 Å². The molecule has 0 saturated carbocycles. The van der Waals surface area contributed by atoms with Crippen LogP contribution < -0.4 is 4.74 Å². The second-order valence-corrected chi connectivity index (χ2v) is 6.50. The van der Waals surface area contributed by atoms with Gasteiger partial charge in [-0.2, -0.15) is 0 Å². The number of carbonyl (C=O) groups is 3. The molecule has 0 unspecified atom stereocenters. The van der Waals surface area contributed by atoms with E-state index in [9.17, 15) is 14.4 Å². The van der Waals surface area contributed by atoms with Crippen molar-refractivity contribution in [3.63, 3.8) is 0 Å². The standard InChI is InChI=1S/C19H15NO5S/c21-17(22)12-25-15-8-4-7-14(9-15)10-16-18(23)20(19(24)26-16)11-13-5-2-1-3-6-13/h1-10H,11-12H2,(H,21,22)/b16-10+. The number of hydrogen-bond donors (Lipinski definition) is 1. The molecule has 2 amide bonds. The predicted octanol–water partition coefficient (Wildman–Crippen LogP) is 3.39. The zero-order chi connectivity index (χ0) is 18.5. The smallest absolute Gasteiger partial charge is 0.341 e. The van der Waals surface area contributed by atoms with Gasteiger partial charge in [0.05, 0.1) is 11.4 Å². The van der Waals surface area contributed by atoms with Crippen molar-refractivity contribution in [1.82, 2.24) is 4.90 Å². The summed E-state index contributed by atoms with van der Waals surface area (Å²) in [5.74, 6) is -1.04. The van der Waals surface area contributed by atoms with Crippen molar-refractivity contribution in [1.29, 1.82) is 0 Å². The lowest BCUT2D eigenvalue weighted by atomic mass is 10.2. The minimum atomic E-state index is -1.07. The SMILES string of the molecule is O=C(O)COc1cccc(/C=C2/SC(=O)N(Cc3ccccc3)C2=O)c1. The van der Waals surface area contributed by atoms with Gasteiger partial charge in [0.1, 0.15) is 5.75 Å². The van der Waals surface area contributed by atoms with Gasteiger partial charge in [0.2, 0.25) is 0 Å². The van der Waals surface area contributed by atoms with Crippen LogP contribution in [0.2, 0.25) is 0 Å². The van der Waals surface area contributed by atoms with E-state index < -0.39 is 12.6 Å². The maximum Gasteiger partial charge on any atom is 0.341 e. The van der Waals surface area contributed by atoms with Gasteiger partial charge in [-0.25, -0.2) is 4.79 Å². The minimum absolute atomic E-state index is 0.227. The molecule has 0 aliphatic carbocycles. The van der Waals surface area contributed by atoms with E-state index in [4.69, 9.17) is 9.84 Å². The number of carboxylic acid groups (broad SMARTS) is 1. The van der Waals surface area contributed by atoms with Crippen LogP contribution >= 0.6 is 11.8 Å². The van der Waals surface area contributed by atoms with Crippen LogP contribution in [0.15, 0.2) is 59.5 Å². The van der Waals surface area contributed by atoms with Crippen LogP contribution in [0.5, 0.6) is 5.75 Å². The van der Waals surface area contributed by atoms with E-state index in [2.05, 4.69) is 0 Å². The van der Waals surface area contributed by atoms with Gasteiger partial charge in [0, 0.05) is 0 Å². The number of hydrogen-bond acceptors (Lipinski definition) is 5. The number of thioether (sulfide) groups is 1. The monoisotopic (exact) mass is 369 g/mol. The van der Waals surface area contributed by atoms with Gasteiger partial charge in [-0.05, 0) is 41.1 Å². The Bertz CT molecular complexity index is 879. The van der Waals surface area contributed by atoms with Crippen LogP contribution in [0.25, 0.3) is 6.08 Å². The van der Waals surface area contributed by atoms with E-state index in [1.54, 1.807) is 30.3 Å². The number of imide groups is 1. The maximum atomic E-state index is 12.5. The molecule has 0 radical (unpaired) electrons. The summed E-state index contributed by atoms with van der Waals surface area (Å²) in [6, 6.07) is 16.0. The lowest BCUT2D eigenvalue weighted by Crippen LogP contribution is -2.27. The van der Waals surface area contributed by atoms with Crippen LogP contribution in [-0.2, 0) is 16.1 Å². The average Bonchev–Trinajstić information content (AvgIpc) is 2.89. The van der Waals surface area contributed by atoms with Crippen molar-refractivity contribution < 1.29 is 24.2 Å². The van der Waals surface area contributed by atoms with E-state index in [0.29, 0.717) is 16.2 Å². The second kappa shape index (κ2) is 7.88. The highest BCUT2D eigenvalue weighted by Gasteiger charge is 2.34. The number of carboxylic acids is 1. The highest BCUT2D eigenvalue weighted by molar-refractivity contribution is 8.18. The molecule has 1 heterocycles. The molecule has 0 aromatic heterocycles. The summed E-state index contributed by atoms with van der Waals surface area (Å²) < 4.78 is 5.12. The quantitative estimate of drug-likeness (QED) is 0.786. The molecule has 6 nitrogen and oxygen atoms in total. The molecule has 2 aromatic carbocycles. The Kier molecular flexibility index (Phi) is 5.38. The number of aliphatic carboxylic acids is 1. The normalized spacial score (nSPS) is 15.5. The first-order valence-electron chi connectivity index (χ1n) is 7.77. The molecule has 132 valence electrons. The van der Waals surface area contributed by atoms with Crippen LogP contribution in [0.3, 0.4) is 0 Å². The molecular formula is C19H15NO5S. The Labute approximate surface area is 154 Å². The second-order valence-electron chi connectivity index (χ2n) is 5.51. The first kappa shape index (κ1) is 17.8. The number of ether oxygens (including phenoxy) is 1. The molecule has 1 N–H and O–H groups in total. The highest BCUT2D eigenvalue weighted by Crippen LogP contribution is 2.33. The Hall–Kier alpha value is -3.06. The summed E-state index contributed by atoms with van der Waals surface area (Å²) in [5.41, 5.74) is 1.53. The topological polar surface area (TPSA) is 83.9 Å². The van der Waals surface area contributed by atoms with Gasteiger partial charge in [-0.3, -0.25) is 14.5 Å². The molecule has 0 atom stereocenters. The summed E-state index contributed by atoms with van der Waals surface area (Å²) in [4.78, 5) is 36.8. The molecule has 1 aliphatic rings. The molecule has 7 heteroatoms. The molecule has 0 bridgehead atoms. The van der Waals surface area contributed by atoms with Gasteiger partial charge in [0.25, 0.3) is 11.1 Å². The molecule has 26 heavy (non-hydrogen) atoms. The third kappa shape index (κ3) is 4.31. The fourth-order valence-electron chi connectivity index (χ4n) is 2.39. The lowest BCUT2D eigenvalue weighted by molar-refractivity contribution is -0.139. The van der Waals surface area contributed by atoms with Crippen molar-refractivity contribution in [3.05, 3.63) is 70.6 Å². The van der Waals surface area contributed by atoms with Crippen LogP contribution in [0.4, 0.5) is 4.79 Å². The van der Waals surface area contributed by atoms with Gasteiger partial charge in [0.15, 0.2) is 6.61 Å². The zero-order valence-corrected chi connectivity index (χ0v) is 14.4. The van der Waals surface area contributed by atoms with Crippen molar-refractivity contribution in [2.75, 3.05) is 6.61 Å².